The predicted octanol–water partition coefficient (Wildman–Crippen LogP) is 6.22. The summed E-state index contributed by atoms with van der Waals surface area (Å²) in [5.74, 6) is 0.501. The number of imidazole rings is 1. The molecule has 2 N–H and O–H groups in total. The highest BCUT2D eigenvalue weighted by atomic mass is 19.1. The van der Waals surface area contributed by atoms with Gasteiger partial charge in [0.05, 0.1) is 24.8 Å². The lowest BCUT2D eigenvalue weighted by molar-refractivity contribution is 0.413. The van der Waals surface area contributed by atoms with Gasteiger partial charge < -0.3 is 19.6 Å². The molecule has 0 spiro atoms. The van der Waals surface area contributed by atoms with Gasteiger partial charge in [-0.2, -0.15) is 0 Å². The van der Waals surface area contributed by atoms with Gasteiger partial charge in [-0.1, -0.05) is 6.07 Å². The molecule has 0 amide bonds. The highest BCUT2D eigenvalue weighted by Gasteiger charge is 2.10. The number of benzene rings is 3. The number of hydrogen-bond acceptors (Lipinski definition) is 3. The normalized spacial score (nSPS) is 11.1. The molecule has 2 heterocycles. The maximum Gasteiger partial charge on any atom is 0.144 e. The zero-order valence-electron chi connectivity index (χ0n) is 17.2. The van der Waals surface area contributed by atoms with Crippen molar-refractivity contribution in [1.29, 1.82) is 0 Å². The zero-order chi connectivity index (χ0) is 21.4. The van der Waals surface area contributed by atoms with Crippen LogP contribution in [0.4, 0.5) is 15.8 Å². The molecular weight excluding hydrogens is 391 g/mol. The summed E-state index contributed by atoms with van der Waals surface area (Å²) in [6.45, 7) is 1.95. The van der Waals surface area contributed by atoms with Gasteiger partial charge in [0.25, 0.3) is 0 Å². The monoisotopic (exact) mass is 412 g/mol. The van der Waals surface area contributed by atoms with E-state index in [0.29, 0.717) is 0 Å². The van der Waals surface area contributed by atoms with Crippen LogP contribution >= 0.6 is 0 Å². The van der Waals surface area contributed by atoms with Gasteiger partial charge in [0.1, 0.15) is 11.6 Å². The van der Waals surface area contributed by atoms with Crippen LogP contribution in [0.1, 0.15) is 5.69 Å². The number of nitrogens with one attached hydrogen (secondary N) is 2. The van der Waals surface area contributed by atoms with Crippen LogP contribution in [0.3, 0.4) is 0 Å². The lowest BCUT2D eigenvalue weighted by atomic mass is 10.1. The number of H-pyrrole nitrogens is 1. The van der Waals surface area contributed by atoms with Gasteiger partial charge in [-0.05, 0) is 67.1 Å². The number of methoxy groups -OCH3 is 1. The molecule has 5 nitrogen and oxygen atoms in total. The number of aryl methyl sites for hydroxylation is 1. The standard InChI is InChI=1S/C25H21FN4O/c1-16-14-30(15-27-16)24-11-10-19(12-25(24)31-2)28-21-4-3-5-22-20(21)13-23(29-22)17-6-8-18(26)9-7-17/h3-15,28-29H,1-2H3. The molecule has 6 heteroatoms. The van der Waals surface area contributed by atoms with Crippen molar-refractivity contribution >= 4 is 22.3 Å². The number of rotatable bonds is 5. The van der Waals surface area contributed by atoms with Gasteiger partial charge in [-0.15, -0.1) is 0 Å². The van der Waals surface area contributed by atoms with Crippen molar-refractivity contribution in [2.24, 2.45) is 0 Å². The second-order valence-electron chi connectivity index (χ2n) is 7.39. The third kappa shape index (κ3) is 3.64. The average Bonchev–Trinajstić information content (AvgIpc) is 3.41. The third-order valence-electron chi connectivity index (χ3n) is 5.27. The second-order valence-corrected chi connectivity index (χ2v) is 7.39. The molecule has 0 radical (unpaired) electrons. The predicted molar refractivity (Wildman–Crippen MR) is 122 cm³/mol. The van der Waals surface area contributed by atoms with E-state index in [2.05, 4.69) is 21.4 Å². The number of aromatic amines is 1. The van der Waals surface area contributed by atoms with Crippen molar-refractivity contribution in [2.45, 2.75) is 6.92 Å². The SMILES string of the molecule is COc1cc(Nc2cccc3[nH]c(-c4ccc(F)cc4)cc23)ccc1-n1cnc(C)c1. The van der Waals surface area contributed by atoms with Crippen molar-refractivity contribution in [1.82, 2.24) is 14.5 Å². The van der Waals surface area contributed by atoms with Gasteiger partial charge in [-0.3, -0.25) is 0 Å². The van der Waals surface area contributed by atoms with E-state index in [9.17, 15) is 4.39 Å². The molecule has 5 aromatic rings. The highest BCUT2D eigenvalue weighted by molar-refractivity contribution is 5.97. The summed E-state index contributed by atoms with van der Waals surface area (Å²) in [6, 6.07) is 20.6. The van der Waals surface area contributed by atoms with Crippen LogP contribution in [0, 0.1) is 12.7 Å². The molecule has 154 valence electrons. The van der Waals surface area contributed by atoms with E-state index in [4.69, 9.17) is 4.74 Å². The fourth-order valence-corrected chi connectivity index (χ4v) is 3.73. The first kappa shape index (κ1) is 18.9. The highest BCUT2D eigenvalue weighted by Crippen LogP contribution is 2.33. The lowest BCUT2D eigenvalue weighted by Gasteiger charge is -2.13. The Morgan fingerprint density at radius 3 is 2.61 bits per heavy atom. The third-order valence-corrected chi connectivity index (χ3v) is 5.27. The van der Waals surface area contributed by atoms with Crippen LogP contribution in [0.2, 0.25) is 0 Å². The molecule has 0 aliphatic heterocycles. The van der Waals surface area contributed by atoms with Crippen LogP contribution in [0.5, 0.6) is 5.75 Å². The summed E-state index contributed by atoms with van der Waals surface area (Å²) in [5.41, 5.74) is 6.62. The summed E-state index contributed by atoms with van der Waals surface area (Å²) in [7, 11) is 1.66. The number of nitrogens with zero attached hydrogens (tertiary/aromatic N) is 2. The zero-order valence-corrected chi connectivity index (χ0v) is 17.2. The molecule has 0 bridgehead atoms. The topological polar surface area (TPSA) is 54.9 Å². The quantitative estimate of drug-likeness (QED) is 0.360. The first-order valence-electron chi connectivity index (χ1n) is 9.94. The summed E-state index contributed by atoms with van der Waals surface area (Å²) in [6.07, 6.45) is 3.74. The summed E-state index contributed by atoms with van der Waals surface area (Å²) in [4.78, 5) is 7.71. The van der Waals surface area contributed by atoms with E-state index in [0.717, 1.165) is 50.7 Å². The number of ether oxygens (including phenoxy) is 1. The Morgan fingerprint density at radius 2 is 1.87 bits per heavy atom. The number of anilines is 2. The van der Waals surface area contributed by atoms with Gasteiger partial charge in [0.2, 0.25) is 0 Å². The number of fused-ring (bicyclic) bond motifs is 1. The van der Waals surface area contributed by atoms with Crippen molar-refractivity contribution in [3.05, 3.63) is 90.8 Å². The van der Waals surface area contributed by atoms with Crippen LogP contribution in [0.25, 0.3) is 27.8 Å². The Kier molecular flexibility index (Phi) is 4.67. The van der Waals surface area contributed by atoms with E-state index >= 15 is 0 Å². The van der Waals surface area contributed by atoms with Gasteiger partial charge in [-0.25, -0.2) is 9.37 Å². The lowest BCUT2D eigenvalue weighted by Crippen LogP contribution is -1.98. The Bertz CT molecular complexity index is 1370. The number of aromatic nitrogens is 3. The Labute approximate surface area is 179 Å². The number of halogens is 1. The molecule has 3 aromatic carbocycles. The van der Waals surface area contributed by atoms with Gasteiger partial charge in [0.15, 0.2) is 0 Å². The van der Waals surface area contributed by atoms with Crippen LogP contribution < -0.4 is 10.1 Å². The summed E-state index contributed by atoms with van der Waals surface area (Å²) in [5, 5.41) is 4.55. The van der Waals surface area contributed by atoms with Crippen molar-refractivity contribution in [2.75, 3.05) is 12.4 Å². The van der Waals surface area contributed by atoms with Crippen LogP contribution in [0.15, 0.2) is 79.3 Å². The van der Waals surface area contributed by atoms with Gasteiger partial charge in [0, 0.05) is 40.2 Å². The van der Waals surface area contributed by atoms with E-state index < -0.39 is 0 Å². The van der Waals surface area contributed by atoms with Crippen molar-refractivity contribution < 1.29 is 9.13 Å². The maximum atomic E-state index is 13.3. The molecule has 0 fully saturated rings. The fraction of sp³-hybridized carbons (Fsp3) is 0.0800. The van der Waals surface area contributed by atoms with Crippen molar-refractivity contribution in [3.8, 4) is 22.7 Å². The Hall–Kier alpha value is -4.06. The molecule has 0 aliphatic rings. The first-order chi connectivity index (χ1) is 15.1. The second kappa shape index (κ2) is 7.65. The van der Waals surface area contributed by atoms with Crippen molar-refractivity contribution in [3.63, 3.8) is 0 Å². The molecule has 0 saturated heterocycles. The first-order valence-corrected chi connectivity index (χ1v) is 9.94. The van der Waals surface area contributed by atoms with E-state index in [1.807, 2.05) is 54.1 Å². The van der Waals surface area contributed by atoms with E-state index in [-0.39, 0.29) is 5.82 Å². The Morgan fingerprint density at radius 1 is 1.03 bits per heavy atom. The number of hydrogen-bond donors (Lipinski definition) is 2. The molecular formula is C25H21FN4O. The minimum atomic E-state index is -0.245. The molecule has 0 atom stereocenters. The van der Waals surface area contributed by atoms with Crippen LogP contribution in [-0.2, 0) is 0 Å². The summed E-state index contributed by atoms with van der Waals surface area (Å²) >= 11 is 0. The molecule has 31 heavy (non-hydrogen) atoms. The van der Waals surface area contributed by atoms with E-state index in [1.54, 1.807) is 25.6 Å². The smallest absolute Gasteiger partial charge is 0.144 e. The molecule has 0 saturated carbocycles. The summed E-state index contributed by atoms with van der Waals surface area (Å²) < 4.78 is 20.8. The molecule has 0 aliphatic carbocycles. The fourth-order valence-electron chi connectivity index (χ4n) is 3.73. The van der Waals surface area contributed by atoms with Crippen LogP contribution in [-0.4, -0.2) is 21.6 Å². The molecule has 0 unspecified atom stereocenters. The minimum absolute atomic E-state index is 0.245. The van der Waals surface area contributed by atoms with Gasteiger partial charge >= 0.3 is 0 Å². The maximum absolute atomic E-state index is 13.3. The average molecular weight is 412 g/mol. The minimum Gasteiger partial charge on any atom is -0.494 e. The van der Waals surface area contributed by atoms with E-state index in [1.165, 1.54) is 12.1 Å². The molecule has 5 rings (SSSR count). The Balaban J connectivity index is 1.49. The molecule has 2 aromatic heterocycles. The largest absolute Gasteiger partial charge is 0.494 e.